The van der Waals surface area contributed by atoms with Crippen molar-refractivity contribution < 1.29 is 26.4 Å². The van der Waals surface area contributed by atoms with Gasteiger partial charge in [0.15, 0.2) is 21.5 Å². The van der Waals surface area contributed by atoms with E-state index in [0.717, 1.165) is 23.1 Å². The number of nitrogens with zero attached hydrogens (tertiary/aromatic N) is 4. The molecule has 1 aromatic carbocycles. The van der Waals surface area contributed by atoms with E-state index in [1.165, 1.54) is 38.0 Å². The molecule has 0 N–H and O–H groups in total. The lowest BCUT2D eigenvalue weighted by atomic mass is 10.2. The number of aromatic nitrogens is 4. The number of hydrogen-bond acceptors (Lipinski definition) is 7. The molecule has 0 aliphatic carbocycles. The van der Waals surface area contributed by atoms with E-state index in [4.69, 9.17) is 9.15 Å². The second kappa shape index (κ2) is 7.67. The van der Waals surface area contributed by atoms with Crippen LogP contribution in [-0.2, 0) is 15.6 Å². The molecular formula is C19H14F2N4O4S. The monoisotopic (exact) mass is 432 g/mol. The lowest BCUT2D eigenvalue weighted by Crippen LogP contribution is -2.10. The number of furan rings is 1. The van der Waals surface area contributed by atoms with Crippen LogP contribution < -0.4 is 4.74 Å². The molecule has 0 spiro atoms. The van der Waals surface area contributed by atoms with Crippen molar-refractivity contribution in [2.75, 3.05) is 7.11 Å². The molecule has 11 heteroatoms. The molecule has 3 heterocycles. The Balaban J connectivity index is 1.72. The second-order valence-corrected chi connectivity index (χ2v) is 8.24. The quantitative estimate of drug-likeness (QED) is 0.461. The van der Waals surface area contributed by atoms with Gasteiger partial charge in [0.05, 0.1) is 31.5 Å². The molecule has 0 aliphatic heterocycles. The van der Waals surface area contributed by atoms with E-state index in [2.05, 4.69) is 15.3 Å². The zero-order chi connectivity index (χ0) is 21.3. The van der Waals surface area contributed by atoms with Crippen LogP contribution >= 0.6 is 0 Å². The largest absolute Gasteiger partial charge is 0.495 e. The summed E-state index contributed by atoms with van der Waals surface area (Å²) in [6.07, 6.45) is 6.55. The van der Waals surface area contributed by atoms with Crippen LogP contribution in [0.4, 0.5) is 8.78 Å². The summed E-state index contributed by atoms with van der Waals surface area (Å²) >= 11 is 0. The van der Waals surface area contributed by atoms with Gasteiger partial charge in [-0.2, -0.15) is 0 Å². The maximum absolute atomic E-state index is 15.1. The van der Waals surface area contributed by atoms with Crippen LogP contribution in [-0.4, -0.2) is 35.5 Å². The van der Waals surface area contributed by atoms with Gasteiger partial charge in [0.1, 0.15) is 28.3 Å². The normalized spacial score (nSPS) is 11.6. The van der Waals surface area contributed by atoms with Gasteiger partial charge in [0.25, 0.3) is 0 Å². The van der Waals surface area contributed by atoms with Crippen LogP contribution in [0.1, 0.15) is 5.56 Å². The molecule has 154 valence electrons. The topological polar surface area (TPSA) is 100 Å². The van der Waals surface area contributed by atoms with E-state index in [1.54, 1.807) is 6.07 Å². The summed E-state index contributed by atoms with van der Waals surface area (Å²) in [6.45, 7) is 0. The summed E-state index contributed by atoms with van der Waals surface area (Å²) in [7, 11) is -2.40. The molecule has 0 aliphatic rings. The average molecular weight is 432 g/mol. The van der Waals surface area contributed by atoms with Gasteiger partial charge in [-0.3, -0.25) is 4.98 Å². The van der Waals surface area contributed by atoms with Gasteiger partial charge in [0, 0.05) is 17.3 Å². The highest BCUT2D eigenvalue weighted by Crippen LogP contribution is 2.26. The number of ether oxygens (including phenoxy) is 1. The fourth-order valence-electron chi connectivity index (χ4n) is 2.80. The summed E-state index contributed by atoms with van der Waals surface area (Å²) in [4.78, 5) is 3.91. The SMILES string of the molecule is COc1cncc(-c2cn(-c3c(F)ccc(CS(=O)(=O)c4ccoc4)c3F)nn2)c1. The Bertz CT molecular complexity index is 1300. The molecule has 0 saturated heterocycles. The van der Waals surface area contributed by atoms with Gasteiger partial charge in [0.2, 0.25) is 0 Å². The Morgan fingerprint density at radius 3 is 2.77 bits per heavy atom. The minimum atomic E-state index is -3.87. The molecule has 30 heavy (non-hydrogen) atoms. The number of hydrogen-bond donors (Lipinski definition) is 0. The van der Waals surface area contributed by atoms with Crippen LogP contribution in [0.15, 0.2) is 64.7 Å². The number of rotatable bonds is 6. The van der Waals surface area contributed by atoms with Crippen LogP contribution in [0.2, 0.25) is 0 Å². The maximum atomic E-state index is 15.1. The van der Waals surface area contributed by atoms with E-state index >= 15 is 4.39 Å². The molecule has 0 amide bonds. The molecule has 4 aromatic rings. The van der Waals surface area contributed by atoms with Gasteiger partial charge in [-0.1, -0.05) is 11.3 Å². The first-order chi connectivity index (χ1) is 14.4. The fourth-order valence-corrected chi connectivity index (χ4v) is 4.06. The predicted molar refractivity (Wildman–Crippen MR) is 101 cm³/mol. The highest BCUT2D eigenvalue weighted by Gasteiger charge is 2.23. The summed E-state index contributed by atoms with van der Waals surface area (Å²) in [6, 6.07) is 4.95. The zero-order valence-corrected chi connectivity index (χ0v) is 16.3. The minimum absolute atomic E-state index is 0.0960. The number of benzene rings is 1. The molecule has 0 fully saturated rings. The standard InChI is InChI=1S/C19H14F2N4O4S/c1-28-14-6-13(7-22-8-14)17-9-25(24-23-17)19-16(20)3-2-12(18(19)21)11-30(26,27)15-4-5-29-10-15/h2-10H,11H2,1H3. The summed E-state index contributed by atoms with van der Waals surface area (Å²) in [5.74, 6) is -2.17. The van der Waals surface area contributed by atoms with Crippen LogP contribution in [0.25, 0.3) is 16.9 Å². The Labute approximate surface area is 169 Å². The van der Waals surface area contributed by atoms with Crippen molar-refractivity contribution in [3.8, 4) is 22.7 Å². The molecule has 4 rings (SSSR count). The van der Waals surface area contributed by atoms with E-state index < -0.39 is 32.9 Å². The summed E-state index contributed by atoms with van der Waals surface area (Å²) in [5.41, 5.74) is 0.0777. The molecule has 0 radical (unpaired) electrons. The highest BCUT2D eigenvalue weighted by molar-refractivity contribution is 7.90. The van der Waals surface area contributed by atoms with Gasteiger partial charge >= 0.3 is 0 Å². The van der Waals surface area contributed by atoms with Crippen molar-refractivity contribution in [1.82, 2.24) is 20.0 Å². The number of pyridine rings is 1. The smallest absolute Gasteiger partial charge is 0.185 e. The lowest BCUT2D eigenvalue weighted by molar-refractivity contribution is 0.413. The maximum Gasteiger partial charge on any atom is 0.185 e. The summed E-state index contributed by atoms with van der Waals surface area (Å²) < 4.78 is 65.1. The van der Waals surface area contributed by atoms with Crippen molar-refractivity contribution in [3.05, 3.63) is 72.6 Å². The zero-order valence-electron chi connectivity index (χ0n) is 15.5. The average Bonchev–Trinajstić information content (AvgIpc) is 3.43. The Hall–Kier alpha value is -3.60. The first kappa shape index (κ1) is 19.7. The molecule has 0 saturated carbocycles. The van der Waals surface area contributed by atoms with Crippen LogP contribution in [0.3, 0.4) is 0 Å². The molecule has 0 unspecified atom stereocenters. The first-order valence-electron chi connectivity index (χ1n) is 8.53. The van der Waals surface area contributed by atoms with E-state index in [1.807, 2.05) is 0 Å². The Kier molecular flexibility index (Phi) is 5.04. The van der Waals surface area contributed by atoms with Gasteiger partial charge < -0.3 is 9.15 Å². The number of halogens is 2. The van der Waals surface area contributed by atoms with Crippen molar-refractivity contribution >= 4 is 9.84 Å². The lowest BCUT2D eigenvalue weighted by Gasteiger charge is -2.09. The Morgan fingerprint density at radius 1 is 1.20 bits per heavy atom. The summed E-state index contributed by atoms with van der Waals surface area (Å²) in [5, 5.41) is 7.70. The third-order valence-electron chi connectivity index (χ3n) is 4.31. The van der Waals surface area contributed by atoms with Crippen LogP contribution in [0.5, 0.6) is 5.75 Å². The van der Waals surface area contributed by atoms with Crippen molar-refractivity contribution in [3.63, 3.8) is 0 Å². The first-order valence-corrected chi connectivity index (χ1v) is 10.2. The molecule has 8 nitrogen and oxygen atoms in total. The van der Waals surface area contributed by atoms with Gasteiger partial charge in [-0.25, -0.2) is 21.9 Å². The molecule has 0 atom stereocenters. The molecular weight excluding hydrogens is 418 g/mol. The van der Waals surface area contributed by atoms with Crippen LogP contribution in [0, 0.1) is 11.6 Å². The van der Waals surface area contributed by atoms with Gasteiger partial charge in [-0.15, -0.1) is 5.10 Å². The molecule has 0 bridgehead atoms. The van der Waals surface area contributed by atoms with Gasteiger partial charge in [-0.05, 0) is 18.2 Å². The van der Waals surface area contributed by atoms with E-state index in [-0.39, 0.29) is 10.5 Å². The number of methoxy groups -OCH3 is 1. The van der Waals surface area contributed by atoms with Crippen molar-refractivity contribution in [2.24, 2.45) is 0 Å². The third kappa shape index (κ3) is 3.66. The van der Waals surface area contributed by atoms with Crippen molar-refractivity contribution in [2.45, 2.75) is 10.6 Å². The number of sulfone groups is 1. The highest BCUT2D eigenvalue weighted by atomic mass is 32.2. The van der Waals surface area contributed by atoms with E-state index in [0.29, 0.717) is 17.0 Å². The molecule has 3 aromatic heterocycles. The predicted octanol–water partition coefficient (Wildman–Crippen LogP) is 3.18. The van der Waals surface area contributed by atoms with Crippen molar-refractivity contribution in [1.29, 1.82) is 0 Å². The second-order valence-electron chi connectivity index (χ2n) is 6.25. The fraction of sp³-hybridized carbons (Fsp3) is 0.105. The van der Waals surface area contributed by atoms with E-state index in [9.17, 15) is 12.8 Å². The third-order valence-corrected chi connectivity index (χ3v) is 5.96. The Morgan fingerprint density at radius 2 is 2.03 bits per heavy atom. The minimum Gasteiger partial charge on any atom is -0.495 e.